The van der Waals surface area contributed by atoms with Gasteiger partial charge in [-0.25, -0.2) is 0 Å². The monoisotopic (exact) mass is 330 g/mol. The maximum Gasteiger partial charge on any atom is 0.0744 e. The maximum absolute atomic E-state index is 6.82. The molecule has 0 heterocycles. The van der Waals surface area contributed by atoms with Gasteiger partial charge in [0.05, 0.1) is 5.66 Å². The summed E-state index contributed by atoms with van der Waals surface area (Å²) in [6.07, 6.45) is 0.869. The molecule has 0 aliphatic heterocycles. The Morgan fingerprint density at radius 2 is 1.18 bits per heavy atom. The third-order valence-electron chi connectivity index (χ3n) is 6.75. The fourth-order valence-corrected chi connectivity index (χ4v) is 4.28. The number of rotatable bonds is 7. The summed E-state index contributed by atoms with van der Waals surface area (Å²) in [6.45, 7) is 24.6. The molecule has 134 valence electrons. The van der Waals surface area contributed by atoms with Gasteiger partial charge in [0.1, 0.15) is 0 Å². The molecule has 1 atom stereocenters. The second-order valence-corrected chi connectivity index (χ2v) is 11.4. The molecule has 0 amide bonds. The molecule has 0 aromatic rings. The van der Waals surface area contributed by atoms with Gasteiger partial charge in [-0.1, -0.05) is 76.2 Å². The molecule has 4 N–H and O–H groups in total. The molecule has 22 heavy (non-hydrogen) atoms. The highest BCUT2D eigenvalue weighted by Crippen LogP contribution is 2.53. The van der Waals surface area contributed by atoms with Crippen molar-refractivity contribution in [3.8, 4) is 0 Å². The van der Waals surface area contributed by atoms with E-state index in [-0.39, 0.29) is 21.0 Å². The molecule has 1 unspecified atom stereocenters. The van der Waals surface area contributed by atoms with Crippen molar-refractivity contribution < 1.29 is 0 Å². The summed E-state index contributed by atoms with van der Waals surface area (Å²) in [5, 5.41) is 0. The molecule has 0 radical (unpaired) electrons. The third-order valence-corrected chi connectivity index (χ3v) is 6.91. The van der Waals surface area contributed by atoms with Crippen LogP contribution in [0.5, 0.6) is 0 Å². The largest absolute Gasteiger partial charge is 0.313 e. The SMILES string of the molecule is CC(C)C(C)(C)C(C)C(C)(C)C(N)(N)C(C)(C)CC(C)(C)S. The lowest BCUT2D eigenvalue weighted by Gasteiger charge is -2.58. The summed E-state index contributed by atoms with van der Waals surface area (Å²) >= 11 is 4.71. The molecule has 0 aliphatic carbocycles. The van der Waals surface area contributed by atoms with Gasteiger partial charge in [-0.3, -0.25) is 0 Å². The second-order valence-electron chi connectivity index (χ2n) is 10.2. The van der Waals surface area contributed by atoms with Crippen molar-refractivity contribution in [3.63, 3.8) is 0 Å². The number of hydrogen-bond donors (Lipinski definition) is 3. The Kier molecular flexibility index (Phi) is 6.37. The zero-order valence-electron chi connectivity index (χ0n) is 17.0. The minimum Gasteiger partial charge on any atom is -0.313 e. The van der Waals surface area contributed by atoms with Gasteiger partial charge in [0, 0.05) is 4.75 Å². The predicted octanol–water partition coefficient (Wildman–Crippen LogP) is 5.07. The first kappa shape index (κ1) is 22.3. The van der Waals surface area contributed by atoms with Crippen molar-refractivity contribution in [1.82, 2.24) is 0 Å². The predicted molar refractivity (Wildman–Crippen MR) is 104 cm³/mol. The van der Waals surface area contributed by atoms with Crippen molar-refractivity contribution in [2.75, 3.05) is 0 Å². The Labute approximate surface area is 145 Å². The highest BCUT2D eigenvalue weighted by Gasteiger charge is 2.55. The zero-order chi connectivity index (χ0) is 18.4. The van der Waals surface area contributed by atoms with Crippen molar-refractivity contribution in [3.05, 3.63) is 0 Å². The molecule has 0 aliphatic rings. The van der Waals surface area contributed by atoms with Gasteiger partial charge in [-0.2, -0.15) is 12.6 Å². The average Bonchev–Trinajstić information content (AvgIpc) is 2.23. The average molecular weight is 331 g/mol. The summed E-state index contributed by atoms with van der Waals surface area (Å²) < 4.78 is -0.0969. The molecule has 0 fully saturated rings. The number of hydrogen-bond acceptors (Lipinski definition) is 3. The van der Waals surface area contributed by atoms with Crippen molar-refractivity contribution >= 4 is 12.6 Å². The minimum atomic E-state index is -0.786. The van der Waals surface area contributed by atoms with E-state index in [0.29, 0.717) is 11.8 Å². The lowest BCUT2D eigenvalue weighted by molar-refractivity contribution is -0.0604. The van der Waals surface area contributed by atoms with E-state index in [1.807, 2.05) is 0 Å². The highest BCUT2D eigenvalue weighted by molar-refractivity contribution is 7.81. The van der Waals surface area contributed by atoms with Gasteiger partial charge in [0.15, 0.2) is 0 Å². The quantitative estimate of drug-likeness (QED) is 0.451. The molecule has 0 spiro atoms. The Morgan fingerprint density at radius 3 is 1.45 bits per heavy atom. The molecule has 0 aromatic carbocycles. The van der Waals surface area contributed by atoms with Gasteiger partial charge >= 0.3 is 0 Å². The molecule has 0 aromatic heterocycles. The molecular formula is C19H42N2S. The van der Waals surface area contributed by atoms with Crippen LogP contribution in [0.3, 0.4) is 0 Å². The Morgan fingerprint density at radius 1 is 0.818 bits per heavy atom. The van der Waals surface area contributed by atoms with Gasteiger partial charge in [0.2, 0.25) is 0 Å². The fraction of sp³-hybridized carbons (Fsp3) is 1.00. The minimum absolute atomic E-state index is 0.0969. The lowest BCUT2D eigenvalue weighted by atomic mass is 9.52. The summed E-state index contributed by atoms with van der Waals surface area (Å²) in [7, 11) is 0. The van der Waals surface area contributed by atoms with Crippen LogP contribution in [0.2, 0.25) is 0 Å². The Hall–Kier alpha value is 0.270. The molecule has 3 heteroatoms. The van der Waals surface area contributed by atoms with E-state index in [1.54, 1.807) is 0 Å². The first-order valence-electron chi connectivity index (χ1n) is 8.61. The van der Waals surface area contributed by atoms with E-state index in [2.05, 4.69) is 76.2 Å². The van der Waals surface area contributed by atoms with Crippen LogP contribution in [-0.4, -0.2) is 10.4 Å². The van der Waals surface area contributed by atoms with Gasteiger partial charge in [-0.15, -0.1) is 0 Å². The van der Waals surface area contributed by atoms with Crippen LogP contribution in [0.15, 0.2) is 0 Å². The van der Waals surface area contributed by atoms with Crippen LogP contribution in [0.25, 0.3) is 0 Å². The maximum atomic E-state index is 6.82. The van der Waals surface area contributed by atoms with E-state index >= 15 is 0 Å². The van der Waals surface area contributed by atoms with E-state index < -0.39 is 5.66 Å². The first-order valence-corrected chi connectivity index (χ1v) is 9.05. The van der Waals surface area contributed by atoms with Gasteiger partial charge in [-0.05, 0) is 34.5 Å². The van der Waals surface area contributed by atoms with Gasteiger partial charge < -0.3 is 11.5 Å². The van der Waals surface area contributed by atoms with Crippen molar-refractivity contribution in [2.24, 2.45) is 39.5 Å². The van der Waals surface area contributed by atoms with Crippen LogP contribution in [-0.2, 0) is 0 Å². The normalized spacial score (nSPS) is 17.0. The van der Waals surface area contributed by atoms with E-state index in [4.69, 9.17) is 24.1 Å². The smallest absolute Gasteiger partial charge is 0.0744 e. The highest BCUT2D eigenvalue weighted by atomic mass is 32.1. The second kappa shape index (κ2) is 6.29. The standard InChI is InChI=1S/C19H42N2S/c1-13(2)17(8,9)14(3)18(10,11)19(20,21)15(4,5)12-16(6,7)22/h13-14,22H,12,20-21H2,1-11H3. The van der Waals surface area contributed by atoms with Crippen LogP contribution < -0.4 is 11.5 Å². The Bertz CT molecular complexity index is 373. The van der Waals surface area contributed by atoms with E-state index in [0.717, 1.165) is 6.42 Å². The van der Waals surface area contributed by atoms with E-state index in [1.165, 1.54) is 0 Å². The van der Waals surface area contributed by atoms with E-state index in [9.17, 15) is 0 Å². The molecule has 0 rings (SSSR count). The molecular weight excluding hydrogens is 288 g/mol. The van der Waals surface area contributed by atoms with Gasteiger partial charge in [0.25, 0.3) is 0 Å². The molecule has 2 nitrogen and oxygen atoms in total. The fourth-order valence-electron chi connectivity index (χ4n) is 3.89. The molecule has 0 saturated heterocycles. The summed E-state index contributed by atoms with van der Waals surface area (Å²) in [5.41, 5.74) is 12.6. The number of thiol groups is 1. The zero-order valence-corrected chi connectivity index (χ0v) is 17.9. The van der Waals surface area contributed by atoms with Crippen LogP contribution >= 0.6 is 12.6 Å². The Balaban J connectivity index is 5.76. The van der Waals surface area contributed by atoms with Crippen molar-refractivity contribution in [1.29, 1.82) is 0 Å². The van der Waals surface area contributed by atoms with Crippen LogP contribution in [0.1, 0.15) is 82.6 Å². The first-order chi connectivity index (χ1) is 9.31. The summed E-state index contributed by atoms with van der Waals surface area (Å²) in [5.74, 6) is 0.958. The topological polar surface area (TPSA) is 52.0 Å². The van der Waals surface area contributed by atoms with Crippen molar-refractivity contribution in [2.45, 2.75) is 93.0 Å². The molecule has 0 bridgehead atoms. The lowest BCUT2D eigenvalue weighted by Crippen LogP contribution is -2.72. The number of nitrogens with two attached hydrogens (primary N) is 2. The summed E-state index contributed by atoms with van der Waals surface area (Å²) in [4.78, 5) is 0. The van der Waals surface area contributed by atoms with Crippen LogP contribution in [0, 0.1) is 28.1 Å². The summed E-state index contributed by atoms with van der Waals surface area (Å²) in [6, 6.07) is 0. The molecule has 0 saturated carbocycles. The third kappa shape index (κ3) is 4.21. The van der Waals surface area contributed by atoms with Crippen LogP contribution in [0.4, 0.5) is 0 Å².